The smallest absolute Gasteiger partial charge is 0.254 e. The molecule has 1 amide bonds. The second-order valence-electron chi connectivity index (χ2n) is 12.6. The average molecular weight is 669 g/mol. The topological polar surface area (TPSA) is 101 Å². The summed E-state index contributed by atoms with van der Waals surface area (Å²) in [5.74, 6) is -0.263. The van der Waals surface area contributed by atoms with Gasteiger partial charge in [0.1, 0.15) is 17.8 Å². The lowest BCUT2D eigenvalue weighted by atomic mass is 9.90. The fourth-order valence-corrected chi connectivity index (χ4v) is 5.83. The molecule has 4 atom stereocenters. The molecule has 49 heavy (non-hydrogen) atoms. The number of rotatable bonds is 18. The number of benzene rings is 4. The molecule has 5 rings (SSSR count). The van der Waals surface area contributed by atoms with Crippen LogP contribution in [-0.4, -0.2) is 96.3 Å². The molecular weight excluding hydrogens is 620 g/mol. The molecule has 0 radical (unpaired) electrons. The summed E-state index contributed by atoms with van der Waals surface area (Å²) in [6.07, 6.45) is -3.56. The highest BCUT2D eigenvalue weighted by Crippen LogP contribution is 2.28. The van der Waals surface area contributed by atoms with Crippen LogP contribution in [0, 0.1) is 0 Å². The van der Waals surface area contributed by atoms with E-state index in [0.29, 0.717) is 26.2 Å². The third kappa shape index (κ3) is 10.8. The number of hydrogen-bond donors (Lipinski definition) is 2. The zero-order valence-electron chi connectivity index (χ0n) is 28.2. The second-order valence-corrected chi connectivity index (χ2v) is 12.6. The number of carbonyl (C=O) groups excluding carboxylic acids is 1. The summed E-state index contributed by atoms with van der Waals surface area (Å²) < 4.78 is 25.7. The molecule has 1 heterocycles. The molecule has 0 aliphatic carbocycles. The van der Waals surface area contributed by atoms with E-state index in [0.717, 1.165) is 22.3 Å². The van der Waals surface area contributed by atoms with Crippen LogP contribution < -0.4 is 0 Å². The van der Waals surface area contributed by atoms with E-state index in [1.54, 1.807) is 4.90 Å². The number of piperazine rings is 1. The molecule has 9 nitrogen and oxygen atoms in total. The SMILES string of the molecule is CN1CCN(C(=O)[C@H](OCc2ccccc2)[C@@H](OCc2ccccc2)[C@H](OCc2ccccc2)C(O)(CO)COCc2ccccc2)CC1. The maximum atomic E-state index is 14.5. The van der Waals surface area contributed by atoms with Crippen molar-refractivity contribution < 1.29 is 34.0 Å². The predicted molar refractivity (Wildman–Crippen MR) is 187 cm³/mol. The summed E-state index contributed by atoms with van der Waals surface area (Å²) >= 11 is 0. The van der Waals surface area contributed by atoms with E-state index in [-0.39, 0.29) is 38.9 Å². The van der Waals surface area contributed by atoms with E-state index >= 15 is 0 Å². The van der Waals surface area contributed by atoms with Crippen LogP contribution in [0.4, 0.5) is 0 Å². The predicted octanol–water partition coefficient (Wildman–Crippen LogP) is 4.46. The maximum Gasteiger partial charge on any atom is 0.254 e. The van der Waals surface area contributed by atoms with Crippen molar-refractivity contribution in [3.05, 3.63) is 144 Å². The number of ether oxygens (including phenoxy) is 4. The van der Waals surface area contributed by atoms with Crippen LogP contribution in [0.15, 0.2) is 121 Å². The summed E-state index contributed by atoms with van der Waals surface area (Å²) in [6.45, 7) is 2.02. The highest BCUT2D eigenvalue weighted by molar-refractivity contribution is 5.82. The van der Waals surface area contributed by atoms with Crippen molar-refractivity contribution >= 4 is 5.91 Å². The van der Waals surface area contributed by atoms with Crippen LogP contribution in [0.5, 0.6) is 0 Å². The number of aliphatic hydroxyl groups is 2. The Balaban J connectivity index is 1.51. The minimum absolute atomic E-state index is 0.0891. The Morgan fingerprint density at radius 3 is 1.55 bits per heavy atom. The van der Waals surface area contributed by atoms with Gasteiger partial charge in [0.05, 0.1) is 39.6 Å². The summed E-state index contributed by atoms with van der Waals surface area (Å²) in [5.41, 5.74) is 1.55. The Bertz CT molecular complexity index is 1510. The van der Waals surface area contributed by atoms with Crippen molar-refractivity contribution in [1.82, 2.24) is 9.80 Å². The zero-order valence-corrected chi connectivity index (χ0v) is 28.2. The Morgan fingerprint density at radius 2 is 1.08 bits per heavy atom. The van der Waals surface area contributed by atoms with Gasteiger partial charge in [-0.1, -0.05) is 121 Å². The standard InChI is InChI=1S/C40H48N2O7/c1-41-22-24-42(25-23-41)39(44)37(48-28-34-18-10-4-11-19-34)36(47-27-33-16-8-3-9-17-33)38(49-29-35-20-12-5-13-21-35)40(45,30-43)31-46-26-32-14-6-2-7-15-32/h2-21,36-38,43,45H,22-31H2,1H3/t36-,37-,38+,40?/m1/s1. The Morgan fingerprint density at radius 1 is 0.653 bits per heavy atom. The lowest BCUT2D eigenvalue weighted by Crippen LogP contribution is -2.63. The lowest BCUT2D eigenvalue weighted by Gasteiger charge is -2.43. The number of hydrogen-bond acceptors (Lipinski definition) is 8. The first kappa shape index (κ1) is 36.4. The van der Waals surface area contributed by atoms with Crippen molar-refractivity contribution in [2.24, 2.45) is 0 Å². The van der Waals surface area contributed by atoms with Crippen LogP contribution >= 0.6 is 0 Å². The molecule has 0 spiro atoms. The van der Waals surface area contributed by atoms with Gasteiger partial charge in [-0.15, -0.1) is 0 Å². The first-order valence-electron chi connectivity index (χ1n) is 16.8. The van der Waals surface area contributed by atoms with Crippen molar-refractivity contribution in [2.75, 3.05) is 46.4 Å². The van der Waals surface area contributed by atoms with E-state index < -0.39 is 30.5 Å². The number of carbonyl (C=O) groups is 1. The average Bonchev–Trinajstić information content (AvgIpc) is 3.15. The highest BCUT2D eigenvalue weighted by Gasteiger charge is 2.49. The monoisotopic (exact) mass is 668 g/mol. The van der Waals surface area contributed by atoms with Crippen molar-refractivity contribution in [1.29, 1.82) is 0 Å². The lowest BCUT2D eigenvalue weighted by molar-refractivity contribution is -0.233. The Kier molecular flexibility index (Phi) is 13.9. The third-order valence-corrected chi connectivity index (χ3v) is 8.75. The van der Waals surface area contributed by atoms with E-state index in [9.17, 15) is 15.0 Å². The molecule has 1 fully saturated rings. The van der Waals surface area contributed by atoms with Crippen LogP contribution in [0.25, 0.3) is 0 Å². The van der Waals surface area contributed by atoms with Gasteiger partial charge in [0, 0.05) is 26.2 Å². The van der Waals surface area contributed by atoms with Crippen molar-refractivity contribution in [2.45, 2.75) is 50.3 Å². The second kappa shape index (κ2) is 18.7. The summed E-state index contributed by atoms with van der Waals surface area (Å²) in [4.78, 5) is 18.5. The molecule has 1 aliphatic heterocycles. The van der Waals surface area contributed by atoms with Gasteiger partial charge in [0.15, 0.2) is 6.10 Å². The van der Waals surface area contributed by atoms with E-state index in [1.807, 2.05) is 128 Å². The van der Waals surface area contributed by atoms with Crippen LogP contribution in [-0.2, 0) is 50.2 Å². The number of amides is 1. The van der Waals surface area contributed by atoms with Gasteiger partial charge in [0.25, 0.3) is 5.91 Å². The summed E-state index contributed by atoms with van der Waals surface area (Å²) in [6, 6.07) is 38.4. The van der Waals surface area contributed by atoms with Crippen molar-refractivity contribution in [3.8, 4) is 0 Å². The minimum atomic E-state index is -1.97. The minimum Gasteiger partial charge on any atom is -0.393 e. The Hall–Kier alpha value is -3.93. The number of nitrogens with zero attached hydrogens (tertiary/aromatic N) is 2. The molecule has 0 aromatic heterocycles. The normalized spacial score (nSPS) is 16.8. The number of likely N-dealkylation sites (N-methyl/N-ethyl adjacent to an activating group) is 1. The van der Waals surface area contributed by atoms with Crippen LogP contribution in [0.3, 0.4) is 0 Å². The molecule has 1 unspecified atom stereocenters. The fourth-order valence-electron chi connectivity index (χ4n) is 5.83. The summed E-state index contributed by atoms with van der Waals surface area (Å²) in [5, 5.41) is 23.2. The van der Waals surface area contributed by atoms with E-state index in [4.69, 9.17) is 18.9 Å². The van der Waals surface area contributed by atoms with Gasteiger partial charge in [0.2, 0.25) is 0 Å². The molecule has 9 heteroatoms. The third-order valence-electron chi connectivity index (χ3n) is 8.75. The molecule has 0 saturated carbocycles. The van der Waals surface area contributed by atoms with Gasteiger partial charge in [-0.2, -0.15) is 0 Å². The van der Waals surface area contributed by atoms with Crippen LogP contribution in [0.2, 0.25) is 0 Å². The van der Waals surface area contributed by atoms with Gasteiger partial charge >= 0.3 is 0 Å². The number of aliphatic hydroxyl groups excluding tert-OH is 1. The molecule has 4 aromatic carbocycles. The van der Waals surface area contributed by atoms with Crippen molar-refractivity contribution in [3.63, 3.8) is 0 Å². The molecule has 1 aliphatic rings. The molecular formula is C40H48N2O7. The first-order chi connectivity index (χ1) is 23.9. The Labute approximate surface area is 289 Å². The summed E-state index contributed by atoms with van der Waals surface area (Å²) in [7, 11) is 2.03. The molecule has 0 bridgehead atoms. The molecule has 4 aromatic rings. The zero-order chi connectivity index (χ0) is 34.3. The fraction of sp³-hybridized carbons (Fsp3) is 0.375. The maximum absolute atomic E-state index is 14.5. The van der Waals surface area contributed by atoms with Gasteiger partial charge in [-0.25, -0.2) is 0 Å². The van der Waals surface area contributed by atoms with Gasteiger partial charge < -0.3 is 39.0 Å². The van der Waals surface area contributed by atoms with E-state index in [2.05, 4.69) is 4.90 Å². The van der Waals surface area contributed by atoms with Gasteiger partial charge in [-0.3, -0.25) is 4.79 Å². The first-order valence-corrected chi connectivity index (χ1v) is 16.8. The largest absolute Gasteiger partial charge is 0.393 e. The van der Waals surface area contributed by atoms with Gasteiger partial charge in [-0.05, 0) is 29.3 Å². The molecule has 260 valence electrons. The molecule has 1 saturated heterocycles. The molecule has 2 N–H and O–H groups in total. The van der Waals surface area contributed by atoms with E-state index in [1.165, 1.54) is 0 Å². The highest BCUT2D eigenvalue weighted by atomic mass is 16.6. The quantitative estimate of drug-likeness (QED) is 0.161. The van der Waals surface area contributed by atoms with Crippen LogP contribution in [0.1, 0.15) is 22.3 Å².